The highest BCUT2D eigenvalue weighted by Crippen LogP contribution is 2.32. The molecule has 1 aliphatic rings. The summed E-state index contributed by atoms with van der Waals surface area (Å²) in [4.78, 5) is 0. The Labute approximate surface area is 139 Å². The average molecular weight is 343 g/mol. The fourth-order valence-corrected chi connectivity index (χ4v) is 2.69. The molecule has 1 saturated carbocycles. The Morgan fingerprint density at radius 2 is 1.67 bits per heavy atom. The van der Waals surface area contributed by atoms with E-state index in [-0.39, 0.29) is 0 Å². The molecule has 1 N–H and O–H groups in total. The van der Waals surface area contributed by atoms with Gasteiger partial charge >= 0.3 is 0 Å². The number of hydrogen-bond acceptors (Lipinski definition) is 2. The summed E-state index contributed by atoms with van der Waals surface area (Å²) >= 11 is 18.1. The van der Waals surface area contributed by atoms with Crippen molar-refractivity contribution in [1.29, 1.82) is 0 Å². The summed E-state index contributed by atoms with van der Waals surface area (Å²) in [5.41, 5.74) is 1.06. The molecule has 2 aromatic rings. The van der Waals surface area contributed by atoms with Crippen LogP contribution in [0.25, 0.3) is 0 Å². The van der Waals surface area contributed by atoms with Crippen LogP contribution in [0.3, 0.4) is 0 Å². The van der Waals surface area contributed by atoms with Gasteiger partial charge < -0.3 is 10.1 Å². The van der Waals surface area contributed by atoms with Crippen molar-refractivity contribution in [3.8, 4) is 11.5 Å². The molecule has 0 bridgehead atoms. The number of benzene rings is 2. The topological polar surface area (TPSA) is 21.3 Å². The van der Waals surface area contributed by atoms with E-state index in [4.69, 9.17) is 39.5 Å². The molecule has 0 heterocycles. The molecule has 0 unspecified atom stereocenters. The zero-order chi connectivity index (χ0) is 14.8. The third-order valence-electron chi connectivity index (χ3n) is 3.25. The lowest BCUT2D eigenvalue weighted by Crippen LogP contribution is -2.15. The minimum Gasteiger partial charge on any atom is -0.457 e. The van der Waals surface area contributed by atoms with Crippen LogP contribution in [0.15, 0.2) is 36.4 Å². The molecule has 0 radical (unpaired) electrons. The van der Waals surface area contributed by atoms with E-state index in [2.05, 4.69) is 5.32 Å². The van der Waals surface area contributed by atoms with Crippen LogP contribution in [0.5, 0.6) is 11.5 Å². The first kappa shape index (κ1) is 15.0. The molecule has 0 spiro atoms. The first-order valence-corrected chi connectivity index (χ1v) is 7.89. The minimum absolute atomic E-state index is 0.539. The summed E-state index contributed by atoms with van der Waals surface area (Å²) < 4.78 is 5.91. The van der Waals surface area contributed by atoms with Gasteiger partial charge in [-0.15, -0.1) is 0 Å². The number of halogens is 3. The van der Waals surface area contributed by atoms with Gasteiger partial charge in [-0.3, -0.25) is 0 Å². The van der Waals surface area contributed by atoms with Crippen molar-refractivity contribution < 1.29 is 4.74 Å². The van der Waals surface area contributed by atoms with Crippen LogP contribution in [-0.4, -0.2) is 6.04 Å². The van der Waals surface area contributed by atoms with Crippen molar-refractivity contribution in [2.24, 2.45) is 0 Å². The molecular formula is C16H14Cl3NO. The van der Waals surface area contributed by atoms with Gasteiger partial charge in [-0.05, 0) is 43.2 Å². The summed E-state index contributed by atoms with van der Waals surface area (Å²) in [5, 5.41) is 5.18. The van der Waals surface area contributed by atoms with E-state index in [0.29, 0.717) is 32.6 Å². The van der Waals surface area contributed by atoms with Gasteiger partial charge in [-0.1, -0.05) is 40.9 Å². The zero-order valence-corrected chi connectivity index (χ0v) is 13.5. The summed E-state index contributed by atoms with van der Waals surface area (Å²) in [6.45, 7) is 0.755. The molecule has 110 valence electrons. The second-order valence-corrected chi connectivity index (χ2v) is 6.42. The first-order chi connectivity index (χ1) is 10.1. The first-order valence-electron chi connectivity index (χ1n) is 6.76. The molecule has 0 amide bonds. The summed E-state index contributed by atoms with van der Waals surface area (Å²) in [5.74, 6) is 1.32. The van der Waals surface area contributed by atoms with Crippen molar-refractivity contribution in [1.82, 2.24) is 5.32 Å². The maximum atomic E-state index is 6.07. The van der Waals surface area contributed by atoms with Gasteiger partial charge in [0.1, 0.15) is 11.5 Å². The number of hydrogen-bond donors (Lipinski definition) is 1. The van der Waals surface area contributed by atoms with Crippen LogP contribution in [0.2, 0.25) is 15.1 Å². The Kier molecular flexibility index (Phi) is 4.60. The predicted octanol–water partition coefficient (Wildman–Crippen LogP) is 5.69. The van der Waals surface area contributed by atoms with Gasteiger partial charge in [0.25, 0.3) is 0 Å². The molecule has 0 aromatic heterocycles. The van der Waals surface area contributed by atoms with E-state index >= 15 is 0 Å². The molecule has 2 aromatic carbocycles. The maximum Gasteiger partial charge on any atom is 0.133 e. The lowest BCUT2D eigenvalue weighted by molar-refractivity contribution is 0.472. The van der Waals surface area contributed by atoms with Crippen LogP contribution in [0.1, 0.15) is 18.4 Å². The fourth-order valence-electron chi connectivity index (χ4n) is 2.03. The fraction of sp³-hybridized carbons (Fsp3) is 0.250. The van der Waals surface area contributed by atoms with E-state index in [0.717, 1.165) is 12.1 Å². The van der Waals surface area contributed by atoms with Gasteiger partial charge in [-0.25, -0.2) is 0 Å². The monoisotopic (exact) mass is 341 g/mol. The third-order valence-corrected chi connectivity index (χ3v) is 3.92. The van der Waals surface area contributed by atoms with Crippen molar-refractivity contribution in [3.63, 3.8) is 0 Å². The summed E-state index contributed by atoms with van der Waals surface area (Å²) in [7, 11) is 0. The molecule has 1 aliphatic carbocycles. The molecule has 21 heavy (non-hydrogen) atoms. The highest BCUT2D eigenvalue weighted by atomic mass is 35.5. The van der Waals surface area contributed by atoms with Gasteiger partial charge in [-0.2, -0.15) is 0 Å². The predicted molar refractivity (Wildman–Crippen MR) is 87.8 cm³/mol. The number of ether oxygens (including phenoxy) is 1. The van der Waals surface area contributed by atoms with Gasteiger partial charge in [0, 0.05) is 33.2 Å². The van der Waals surface area contributed by atoms with Gasteiger partial charge in [0.15, 0.2) is 0 Å². The van der Waals surface area contributed by atoms with Crippen molar-refractivity contribution >= 4 is 34.8 Å². The average Bonchev–Trinajstić information content (AvgIpc) is 3.20. The lowest BCUT2D eigenvalue weighted by Gasteiger charge is -2.13. The Morgan fingerprint density at radius 3 is 2.33 bits per heavy atom. The molecule has 0 aliphatic heterocycles. The number of nitrogens with one attached hydrogen (secondary N) is 1. The van der Waals surface area contributed by atoms with E-state index < -0.39 is 0 Å². The smallest absolute Gasteiger partial charge is 0.133 e. The standard InChI is InChI=1S/C16H14Cl3NO/c17-11-2-1-10(9-20-14-3-4-14)16(8-11)21-15-6-12(18)5-13(19)7-15/h1-2,5-8,14,20H,3-4,9H2. The lowest BCUT2D eigenvalue weighted by atomic mass is 10.2. The molecule has 3 rings (SSSR count). The van der Waals surface area contributed by atoms with Crippen LogP contribution in [-0.2, 0) is 6.54 Å². The molecule has 5 heteroatoms. The van der Waals surface area contributed by atoms with Crippen LogP contribution in [0.4, 0.5) is 0 Å². The second-order valence-electron chi connectivity index (χ2n) is 5.11. The van der Waals surface area contributed by atoms with E-state index in [1.54, 1.807) is 24.3 Å². The minimum atomic E-state index is 0.539. The van der Waals surface area contributed by atoms with Crippen LogP contribution < -0.4 is 10.1 Å². The third kappa shape index (κ3) is 4.27. The van der Waals surface area contributed by atoms with E-state index in [9.17, 15) is 0 Å². The van der Waals surface area contributed by atoms with E-state index in [1.807, 2.05) is 12.1 Å². The highest BCUT2D eigenvalue weighted by Gasteiger charge is 2.20. The van der Waals surface area contributed by atoms with Gasteiger partial charge in [0.05, 0.1) is 0 Å². The molecule has 1 fully saturated rings. The Morgan fingerprint density at radius 1 is 0.952 bits per heavy atom. The Bertz CT molecular complexity index is 636. The summed E-state index contributed by atoms with van der Waals surface area (Å²) in [6.07, 6.45) is 2.49. The number of rotatable bonds is 5. The largest absolute Gasteiger partial charge is 0.457 e. The highest BCUT2D eigenvalue weighted by molar-refractivity contribution is 6.34. The van der Waals surface area contributed by atoms with E-state index in [1.165, 1.54) is 12.8 Å². The van der Waals surface area contributed by atoms with Crippen molar-refractivity contribution in [3.05, 3.63) is 57.0 Å². The Balaban J connectivity index is 1.83. The zero-order valence-electron chi connectivity index (χ0n) is 11.2. The maximum absolute atomic E-state index is 6.07. The van der Waals surface area contributed by atoms with Crippen molar-refractivity contribution in [2.45, 2.75) is 25.4 Å². The molecule has 2 nitrogen and oxygen atoms in total. The van der Waals surface area contributed by atoms with Gasteiger partial charge in [0.2, 0.25) is 0 Å². The normalized spacial score (nSPS) is 14.2. The summed E-state index contributed by atoms with van der Waals surface area (Å²) in [6, 6.07) is 11.4. The molecular weight excluding hydrogens is 329 g/mol. The SMILES string of the molecule is Clc1cc(Cl)cc(Oc2cc(Cl)ccc2CNC2CC2)c1. The van der Waals surface area contributed by atoms with Crippen LogP contribution in [0, 0.1) is 0 Å². The molecule has 0 saturated heterocycles. The second kappa shape index (κ2) is 6.45. The van der Waals surface area contributed by atoms with Crippen LogP contribution >= 0.6 is 34.8 Å². The van der Waals surface area contributed by atoms with Crippen molar-refractivity contribution in [2.75, 3.05) is 0 Å². The quantitative estimate of drug-likeness (QED) is 0.753. The Hall–Kier alpha value is -0.930. The molecule has 0 atom stereocenters.